The van der Waals surface area contributed by atoms with Crippen molar-refractivity contribution in [2.45, 2.75) is 30.3 Å². The highest BCUT2D eigenvalue weighted by Gasteiger charge is 2.33. The Kier molecular flexibility index (Phi) is 11.6. The molecule has 0 heterocycles. The van der Waals surface area contributed by atoms with E-state index in [9.17, 15) is 18.0 Å². The van der Waals surface area contributed by atoms with Gasteiger partial charge in [0.1, 0.15) is 5.75 Å². The third-order valence-corrected chi connectivity index (χ3v) is 5.88. The van der Waals surface area contributed by atoms with Gasteiger partial charge < -0.3 is 15.2 Å². The fourth-order valence-electron chi connectivity index (χ4n) is 3.64. The number of aliphatic hydroxyl groups excluding tert-OH is 1. The number of hydrogen-bond donors (Lipinski definition) is 4. The van der Waals surface area contributed by atoms with Gasteiger partial charge in [-0.25, -0.2) is 0 Å². The number of nitrogens with two attached hydrogens (primary N) is 1. The molecule has 194 valence electrons. The molecule has 0 saturated heterocycles. The van der Waals surface area contributed by atoms with Crippen LogP contribution in [-0.2, 0) is 12.6 Å². The average molecular weight is 539 g/mol. The predicted octanol–water partition coefficient (Wildman–Crippen LogP) is 6.46. The quantitative estimate of drug-likeness (QED) is 0.143. The molecular formula is C26H29F3N2O3S2. The second kappa shape index (κ2) is 14.2. The van der Waals surface area contributed by atoms with E-state index in [1.54, 1.807) is 48.7 Å². The first-order valence-corrected chi connectivity index (χ1v) is 12.8. The number of nitrogens with one attached hydrogen (secondary N) is 1. The molecule has 3 aromatic carbocycles. The molecule has 36 heavy (non-hydrogen) atoms. The van der Waals surface area contributed by atoms with Crippen molar-refractivity contribution in [3.63, 3.8) is 0 Å². The number of aliphatic hydroxyl groups is 1. The second-order valence-electron chi connectivity index (χ2n) is 7.53. The number of alkyl halides is 3. The molecule has 0 aliphatic heterocycles. The van der Waals surface area contributed by atoms with Crippen LogP contribution < -0.4 is 15.2 Å². The van der Waals surface area contributed by atoms with Gasteiger partial charge in [-0.1, -0.05) is 24.3 Å². The number of hydrogen-bond acceptors (Lipinski definition) is 6. The van der Waals surface area contributed by atoms with E-state index < -0.39 is 17.6 Å². The molecule has 1 amide bonds. The SMILES string of the molecule is COc1cc(C(=O)Nc2ccc(-c3ccccc3C(F)(F)F)c(CCCCO)c2)ccc1SN.CS. The van der Waals surface area contributed by atoms with E-state index in [0.29, 0.717) is 52.3 Å². The fraction of sp³-hybridized carbons (Fsp3) is 0.269. The van der Waals surface area contributed by atoms with Crippen LogP contribution in [0.1, 0.15) is 34.3 Å². The second-order valence-corrected chi connectivity index (χ2v) is 8.21. The maximum atomic E-state index is 13.6. The predicted molar refractivity (Wildman–Crippen MR) is 143 cm³/mol. The van der Waals surface area contributed by atoms with Crippen LogP contribution in [0.2, 0.25) is 0 Å². The van der Waals surface area contributed by atoms with Gasteiger partial charge in [0.15, 0.2) is 0 Å². The molecular weight excluding hydrogens is 509 g/mol. The lowest BCUT2D eigenvalue weighted by Crippen LogP contribution is -2.13. The van der Waals surface area contributed by atoms with E-state index in [4.69, 9.17) is 15.0 Å². The van der Waals surface area contributed by atoms with Gasteiger partial charge in [-0.3, -0.25) is 9.93 Å². The van der Waals surface area contributed by atoms with Crippen molar-refractivity contribution >= 4 is 36.2 Å². The molecule has 0 fully saturated rings. The van der Waals surface area contributed by atoms with E-state index in [2.05, 4.69) is 17.9 Å². The fourth-order valence-corrected chi connectivity index (χ4v) is 4.05. The van der Waals surface area contributed by atoms with Crippen molar-refractivity contribution in [3.05, 3.63) is 77.4 Å². The maximum absolute atomic E-state index is 13.6. The third kappa shape index (κ3) is 7.67. The van der Waals surface area contributed by atoms with Crippen LogP contribution in [-0.4, -0.2) is 31.0 Å². The van der Waals surface area contributed by atoms with Gasteiger partial charge in [0.25, 0.3) is 5.91 Å². The zero-order valence-corrected chi connectivity index (χ0v) is 21.6. The summed E-state index contributed by atoms with van der Waals surface area (Å²) in [7, 11) is 1.48. The van der Waals surface area contributed by atoms with E-state index in [1.807, 2.05) is 0 Å². The topological polar surface area (TPSA) is 84.6 Å². The molecule has 0 radical (unpaired) electrons. The largest absolute Gasteiger partial charge is 0.496 e. The lowest BCUT2D eigenvalue weighted by Gasteiger charge is -2.17. The summed E-state index contributed by atoms with van der Waals surface area (Å²) in [5.41, 5.74) is 1.24. The van der Waals surface area contributed by atoms with Gasteiger partial charge in [-0.05, 0) is 90.6 Å². The minimum Gasteiger partial charge on any atom is -0.496 e. The summed E-state index contributed by atoms with van der Waals surface area (Å²) < 4.78 is 46.1. The molecule has 0 saturated carbocycles. The summed E-state index contributed by atoms with van der Waals surface area (Å²) in [6, 6.07) is 15.1. The van der Waals surface area contributed by atoms with Crippen molar-refractivity contribution in [1.29, 1.82) is 0 Å². The number of carbonyl (C=O) groups excluding carboxylic acids is 1. The maximum Gasteiger partial charge on any atom is 0.417 e. The van der Waals surface area contributed by atoms with Gasteiger partial charge >= 0.3 is 6.18 Å². The van der Waals surface area contributed by atoms with E-state index in [1.165, 1.54) is 19.2 Å². The van der Waals surface area contributed by atoms with Crippen LogP contribution in [0.3, 0.4) is 0 Å². The first-order valence-electron chi connectivity index (χ1n) is 11.0. The van der Waals surface area contributed by atoms with Crippen LogP contribution >= 0.6 is 24.6 Å². The molecule has 0 aliphatic carbocycles. The van der Waals surface area contributed by atoms with E-state index in [-0.39, 0.29) is 12.2 Å². The van der Waals surface area contributed by atoms with Crippen LogP contribution in [0.5, 0.6) is 5.75 Å². The molecule has 0 atom stereocenters. The zero-order chi connectivity index (χ0) is 26.7. The normalized spacial score (nSPS) is 10.9. The summed E-state index contributed by atoms with van der Waals surface area (Å²) in [5, 5.41) is 17.5. The van der Waals surface area contributed by atoms with Gasteiger partial charge in [-0.2, -0.15) is 25.8 Å². The molecule has 10 heteroatoms. The zero-order valence-electron chi connectivity index (χ0n) is 19.9. The Morgan fingerprint density at radius 1 is 1.06 bits per heavy atom. The molecule has 5 nitrogen and oxygen atoms in total. The summed E-state index contributed by atoms with van der Waals surface area (Å²) in [4.78, 5) is 13.5. The molecule has 4 N–H and O–H groups in total. The standard InChI is InChI=1S/C25H25F3N2O3S.CH4S/c1-33-22-15-17(9-12-23(22)34-29)24(32)30-18-10-11-19(16(14-18)6-4-5-13-31)20-7-2-3-8-21(20)25(26,27)28;1-2/h2-3,7-12,14-15,31H,4-6,13,29H2,1H3,(H,30,32);2H,1H3. The number of ether oxygens (including phenoxy) is 1. The summed E-state index contributed by atoms with van der Waals surface area (Å²) in [6.07, 6.45) is -1.26. The summed E-state index contributed by atoms with van der Waals surface area (Å²) in [5.74, 6) is 0.0700. The first-order chi connectivity index (χ1) is 17.3. The number of methoxy groups -OCH3 is 1. The van der Waals surface area contributed by atoms with Gasteiger partial charge in [0.2, 0.25) is 0 Å². The highest BCUT2D eigenvalue weighted by molar-refractivity contribution is 7.97. The van der Waals surface area contributed by atoms with Crippen molar-refractivity contribution < 1.29 is 27.8 Å². The Bertz CT molecular complexity index is 1160. The third-order valence-electron chi connectivity index (χ3n) is 5.29. The number of rotatable bonds is 9. The Balaban J connectivity index is 0.00000222. The number of thiol groups is 1. The van der Waals surface area contributed by atoms with Crippen molar-refractivity contribution in [2.24, 2.45) is 5.14 Å². The number of carbonyl (C=O) groups is 1. The first kappa shape index (κ1) is 29.6. The van der Waals surface area contributed by atoms with E-state index in [0.717, 1.165) is 18.0 Å². The Hall–Kier alpha value is -2.66. The van der Waals surface area contributed by atoms with E-state index >= 15 is 0 Å². The summed E-state index contributed by atoms with van der Waals surface area (Å²) in [6.45, 7) is -0.0101. The van der Waals surface area contributed by atoms with Gasteiger partial charge in [-0.15, -0.1) is 0 Å². The Labute approximate surface area is 218 Å². The van der Waals surface area contributed by atoms with Crippen LogP contribution in [0.15, 0.2) is 65.6 Å². The number of halogens is 3. The monoisotopic (exact) mass is 538 g/mol. The van der Waals surface area contributed by atoms with Crippen LogP contribution in [0.25, 0.3) is 11.1 Å². The van der Waals surface area contributed by atoms with Gasteiger partial charge in [0, 0.05) is 17.9 Å². The number of aryl methyl sites for hydroxylation is 1. The molecule has 0 spiro atoms. The minimum atomic E-state index is -4.50. The number of benzene rings is 3. The minimum absolute atomic E-state index is 0.0101. The molecule has 0 aromatic heterocycles. The molecule has 3 rings (SSSR count). The average Bonchev–Trinajstić information content (AvgIpc) is 2.89. The number of unbranched alkanes of at least 4 members (excludes halogenated alkanes) is 1. The lowest BCUT2D eigenvalue weighted by molar-refractivity contribution is -0.137. The Morgan fingerprint density at radius 3 is 2.42 bits per heavy atom. The van der Waals surface area contributed by atoms with Crippen molar-refractivity contribution in [2.75, 3.05) is 25.3 Å². The smallest absolute Gasteiger partial charge is 0.417 e. The van der Waals surface area contributed by atoms with Crippen molar-refractivity contribution in [1.82, 2.24) is 0 Å². The Morgan fingerprint density at radius 2 is 1.78 bits per heavy atom. The van der Waals surface area contributed by atoms with Crippen LogP contribution in [0.4, 0.5) is 18.9 Å². The van der Waals surface area contributed by atoms with Crippen molar-refractivity contribution in [3.8, 4) is 16.9 Å². The molecule has 0 aliphatic rings. The number of amides is 1. The number of anilines is 1. The highest BCUT2D eigenvalue weighted by Crippen LogP contribution is 2.39. The molecule has 0 unspecified atom stereocenters. The lowest BCUT2D eigenvalue weighted by atomic mass is 9.92. The highest BCUT2D eigenvalue weighted by atomic mass is 32.2. The van der Waals surface area contributed by atoms with Gasteiger partial charge in [0.05, 0.1) is 17.6 Å². The molecule has 0 bridgehead atoms. The summed E-state index contributed by atoms with van der Waals surface area (Å²) >= 11 is 4.53. The van der Waals surface area contributed by atoms with Crippen LogP contribution in [0, 0.1) is 0 Å². The molecule has 3 aromatic rings.